The number of thiophene rings is 1. The van der Waals surface area contributed by atoms with Crippen LogP contribution in [0, 0.1) is 0 Å². The quantitative estimate of drug-likeness (QED) is 0.627. The first-order valence-electron chi connectivity index (χ1n) is 9.45. The highest BCUT2D eigenvalue weighted by atomic mass is 32.1. The van der Waals surface area contributed by atoms with E-state index >= 15 is 0 Å². The minimum absolute atomic E-state index is 0.114. The van der Waals surface area contributed by atoms with Crippen molar-refractivity contribution in [1.29, 1.82) is 0 Å². The maximum absolute atomic E-state index is 13.4. The Hall–Kier alpha value is -2.47. The summed E-state index contributed by atoms with van der Waals surface area (Å²) in [6.07, 6.45) is 4.92. The molecule has 140 valence electrons. The number of carbonyl (C=O) groups is 1. The fourth-order valence-corrected chi connectivity index (χ4v) is 4.84. The van der Waals surface area contributed by atoms with E-state index in [1.807, 2.05) is 37.3 Å². The lowest BCUT2D eigenvalue weighted by Crippen LogP contribution is -2.28. The van der Waals surface area contributed by atoms with E-state index in [1.165, 1.54) is 9.44 Å². The molecule has 0 unspecified atom stereocenters. The molecule has 27 heavy (non-hydrogen) atoms. The number of benzene rings is 1. The molecule has 2 aromatic heterocycles. The average molecular weight is 382 g/mol. The minimum atomic E-state index is -0.402. The first kappa shape index (κ1) is 17.9. The summed E-state index contributed by atoms with van der Waals surface area (Å²) in [7, 11) is 0. The second-order valence-electron chi connectivity index (χ2n) is 6.80. The van der Waals surface area contributed by atoms with Gasteiger partial charge < -0.3 is 4.74 Å². The number of hydrogen-bond donors (Lipinski definition) is 0. The van der Waals surface area contributed by atoms with E-state index in [0.717, 1.165) is 48.1 Å². The van der Waals surface area contributed by atoms with Gasteiger partial charge in [0.1, 0.15) is 17.2 Å². The molecule has 0 fully saturated rings. The third kappa shape index (κ3) is 3.41. The van der Waals surface area contributed by atoms with E-state index in [9.17, 15) is 9.59 Å². The Morgan fingerprint density at radius 3 is 2.78 bits per heavy atom. The zero-order valence-corrected chi connectivity index (χ0v) is 16.2. The largest absolute Gasteiger partial charge is 0.464 e. The molecule has 0 saturated carbocycles. The first-order chi connectivity index (χ1) is 13.2. The van der Waals surface area contributed by atoms with E-state index in [0.29, 0.717) is 17.8 Å². The normalized spacial score (nSPS) is 13.5. The predicted molar refractivity (Wildman–Crippen MR) is 107 cm³/mol. The summed E-state index contributed by atoms with van der Waals surface area (Å²) in [5.41, 5.74) is 1.83. The van der Waals surface area contributed by atoms with E-state index in [-0.39, 0.29) is 12.1 Å². The molecule has 1 aliphatic carbocycles. The zero-order valence-electron chi connectivity index (χ0n) is 15.4. The number of aromatic nitrogens is 2. The molecule has 0 spiro atoms. The fraction of sp³-hybridized carbons (Fsp3) is 0.381. The Bertz CT molecular complexity index is 1040. The van der Waals surface area contributed by atoms with Crippen molar-refractivity contribution < 1.29 is 9.53 Å². The van der Waals surface area contributed by atoms with Crippen LogP contribution in [0.3, 0.4) is 0 Å². The lowest BCUT2D eigenvalue weighted by atomic mass is 9.97. The Morgan fingerprint density at radius 1 is 1.22 bits per heavy atom. The summed E-state index contributed by atoms with van der Waals surface area (Å²) in [5.74, 6) is 0.126. The molecular weight excluding hydrogens is 360 g/mol. The van der Waals surface area contributed by atoms with Gasteiger partial charge in [0.2, 0.25) is 0 Å². The van der Waals surface area contributed by atoms with Gasteiger partial charge in [0.15, 0.2) is 0 Å². The molecule has 0 aliphatic heterocycles. The standard InChI is InChI=1S/C21H22N2O3S/c1-2-12-26-17(24)13-23-19(14-8-4-3-5-9-14)22-20-18(21(23)25)15-10-6-7-11-16(15)27-20/h3-5,8-9H,2,6-7,10-13H2,1H3. The molecule has 0 amide bonds. The number of rotatable bonds is 5. The number of fused-ring (bicyclic) bond motifs is 3. The summed E-state index contributed by atoms with van der Waals surface area (Å²) in [6.45, 7) is 2.19. The molecule has 1 aromatic carbocycles. The van der Waals surface area contributed by atoms with E-state index < -0.39 is 5.97 Å². The van der Waals surface area contributed by atoms with E-state index in [1.54, 1.807) is 11.3 Å². The Balaban J connectivity index is 1.90. The van der Waals surface area contributed by atoms with Crippen LogP contribution in [0.15, 0.2) is 35.1 Å². The Kier molecular flexibility index (Phi) is 5.07. The molecule has 6 heteroatoms. The molecule has 0 bridgehead atoms. The van der Waals surface area contributed by atoms with Crippen LogP contribution in [0.25, 0.3) is 21.6 Å². The maximum Gasteiger partial charge on any atom is 0.326 e. The van der Waals surface area contributed by atoms with Gasteiger partial charge >= 0.3 is 5.97 Å². The summed E-state index contributed by atoms with van der Waals surface area (Å²) in [4.78, 5) is 32.5. The van der Waals surface area contributed by atoms with Crippen molar-refractivity contribution in [2.24, 2.45) is 0 Å². The molecule has 4 rings (SSSR count). The monoisotopic (exact) mass is 382 g/mol. The lowest BCUT2D eigenvalue weighted by molar-refractivity contribution is -0.144. The fourth-order valence-electron chi connectivity index (χ4n) is 3.58. The van der Waals surface area contributed by atoms with Gasteiger partial charge in [0, 0.05) is 10.4 Å². The van der Waals surface area contributed by atoms with E-state index in [2.05, 4.69) is 0 Å². The number of aryl methyl sites for hydroxylation is 2. The van der Waals surface area contributed by atoms with Gasteiger partial charge in [0.25, 0.3) is 5.56 Å². The molecule has 5 nitrogen and oxygen atoms in total. The van der Waals surface area contributed by atoms with Crippen molar-refractivity contribution in [3.8, 4) is 11.4 Å². The van der Waals surface area contributed by atoms with Crippen molar-refractivity contribution in [3.05, 3.63) is 51.1 Å². The number of ether oxygens (including phenoxy) is 1. The van der Waals surface area contributed by atoms with Gasteiger partial charge in [-0.2, -0.15) is 0 Å². The first-order valence-corrected chi connectivity index (χ1v) is 10.3. The molecule has 1 aliphatic rings. The van der Waals surface area contributed by atoms with Gasteiger partial charge in [-0.25, -0.2) is 4.98 Å². The summed E-state index contributed by atoms with van der Waals surface area (Å²) >= 11 is 1.62. The van der Waals surface area contributed by atoms with Crippen molar-refractivity contribution in [2.75, 3.05) is 6.61 Å². The molecule has 0 N–H and O–H groups in total. The van der Waals surface area contributed by atoms with Crippen molar-refractivity contribution in [1.82, 2.24) is 9.55 Å². The second kappa shape index (κ2) is 7.64. The topological polar surface area (TPSA) is 61.2 Å². The van der Waals surface area contributed by atoms with E-state index in [4.69, 9.17) is 9.72 Å². The molecule has 2 heterocycles. The Labute approximate surface area is 161 Å². The number of esters is 1. The highest BCUT2D eigenvalue weighted by molar-refractivity contribution is 7.18. The van der Waals surface area contributed by atoms with Gasteiger partial charge in [-0.1, -0.05) is 37.3 Å². The summed E-state index contributed by atoms with van der Waals surface area (Å²) < 4.78 is 6.71. The van der Waals surface area contributed by atoms with Crippen molar-refractivity contribution in [3.63, 3.8) is 0 Å². The van der Waals surface area contributed by atoms with Crippen LogP contribution in [0.2, 0.25) is 0 Å². The molecule has 0 radical (unpaired) electrons. The van der Waals surface area contributed by atoms with Gasteiger partial charge in [-0.05, 0) is 37.7 Å². The summed E-state index contributed by atoms with van der Waals surface area (Å²) in [6, 6.07) is 9.56. The average Bonchev–Trinajstić information content (AvgIpc) is 3.07. The molecule has 3 aromatic rings. The molecular formula is C21H22N2O3S. The smallest absolute Gasteiger partial charge is 0.326 e. The molecule has 0 saturated heterocycles. The van der Waals surface area contributed by atoms with Gasteiger partial charge in [-0.15, -0.1) is 11.3 Å². The molecule has 0 atom stereocenters. The highest BCUT2D eigenvalue weighted by Gasteiger charge is 2.23. The SMILES string of the molecule is CCCOC(=O)Cn1c(-c2ccccc2)nc2sc3c(c2c1=O)CCCC3. The van der Waals surface area contributed by atoms with Crippen LogP contribution in [-0.4, -0.2) is 22.1 Å². The number of nitrogens with zero attached hydrogens (tertiary/aromatic N) is 2. The van der Waals surface area contributed by atoms with Crippen LogP contribution in [0.1, 0.15) is 36.6 Å². The second-order valence-corrected chi connectivity index (χ2v) is 7.89. The van der Waals surface area contributed by atoms with Crippen LogP contribution in [0.5, 0.6) is 0 Å². The third-order valence-corrected chi connectivity index (χ3v) is 6.05. The van der Waals surface area contributed by atoms with Crippen LogP contribution in [0.4, 0.5) is 0 Å². The van der Waals surface area contributed by atoms with Gasteiger partial charge in [0.05, 0.1) is 12.0 Å². The maximum atomic E-state index is 13.4. The predicted octanol–water partition coefficient (Wildman–Crippen LogP) is 3.96. The van der Waals surface area contributed by atoms with Crippen molar-refractivity contribution >= 4 is 27.5 Å². The number of hydrogen-bond acceptors (Lipinski definition) is 5. The van der Waals surface area contributed by atoms with Crippen LogP contribution in [-0.2, 0) is 28.9 Å². The summed E-state index contributed by atoms with van der Waals surface area (Å²) in [5, 5.41) is 0.692. The highest BCUT2D eigenvalue weighted by Crippen LogP contribution is 2.34. The minimum Gasteiger partial charge on any atom is -0.464 e. The third-order valence-electron chi connectivity index (χ3n) is 4.86. The zero-order chi connectivity index (χ0) is 18.8. The lowest BCUT2D eigenvalue weighted by Gasteiger charge is -2.13. The van der Waals surface area contributed by atoms with Gasteiger partial charge in [-0.3, -0.25) is 14.2 Å². The Morgan fingerprint density at radius 2 is 2.00 bits per heavy atom. The number of carbonyl (C=O) groups excluding carboxylic acids is 1. The van der Waals surface area contributed by atoms with Crippen LogP contribution < -0.4 is 5.56 Å². The van der Waals surface area contributed by atoms with Crippen molar-refractivity contribution in [2.45, 2.75) is 45.6 Å². The van der Waals surface area contributed by atoms with Crippen LogP contribution >= 0.6 is 11.3 Å².